The van der Waals surface area contributed by atoms with Crippen molar-refractivity contribution in [1.82, 2.24) is 0 Å². The summed E-state index contributed by atoms with van der Waals surface area (Å²) >= 11 is 0. The van der Waals surface area contributed by atoms with E-state index in [1.54, 1.807) is 0 Å². The van der Waals surface area contributed by atoms with Gasteiger partial charge in [-0.1, -0.05) is 0 Å². The minimum Gasteiger partial charge on any atom is -1.00 e. The van der Waals surface area contributed by atoms with Crippen molar-refractivity contribution in [2.24, 2.45) is 0 Å². The SMILES string of the molecule is O.O.O.O.O=S(=O)(O)O.[H-].[Na+]. The summed E-state index contributed by atoms with van der Waals surface area (Å²) < 4.78 is 31.6. The Morgan fingerprint density at radius 2 is 0.900 bits per heavy atom. The molecule has 66 valence electrons. The van der Waals surface area contributed by atoms with Gasteiger partial charge in [0.1, 0.15) is 0 Å². The fraction of sp³-hybridized carbons (Fsp3) is 0. The van der Waals surface area contributed by atoms with E-state index in [0.29, 0.717) is 0 Å². The van der Waals surface area contributed by atoms with Crippen molar-refractivity contribution in [2.75, 3.05) is 0 Å². The molecule has 10 heteroatoms. The summed E-state index contributed by atoms with van der Waals surface area (Å²) in [5.74, 6) is 0. The Hall–Kier alpha value is 0.710. The molecule has 8 nitrogen and oxygen atoms in total. The van der Waals surface area contributed by atoms with Gasteiger partial charge in [0.05, 0.1) is 0 Å². The van der Waals surface area contributed by atoms with Gasteiger partial charge in [-0.15, -0.1) is 0 Å². The number of hydrogen-bond donors (Lipinski definition) is 2. The molecule has 10 heavy (non-hydrogen) atoms. The van der Waals surface area contributed by atoms with E-state index in [1.807, 2.05) is 0 Å². The van der Waals surface area contributed by atoms with E-state index in [2.05, 4.69) is 0 Å². The predicted octanol–water partition coefficient (Wildman–Crippen LogP) is -6.84. The van der Waals surface area contributed by atoms with Gasteiger partial charge in [-0.25, -0.2) is 0 Å². The van der Waals surface area contributed by atoms with Gasteiger partial charge in [0.2, 0.25) is 0 Å². The van der Waals surface area contributed by atoms with Crippen molar-refractivity contribution < 1.29 is 70.4 Å². The van der Waals surface area contributed by atoms with E-state index in [9.17, 15) is 0 Å². The third-order valence-corrected chi connectivity index (χ3v) is 0. The third-order valence-electron chi connectivity index (χ3n) is 0. The number of hydrogen-bond acceptors (Lipinski definition) is 2. The first-order valence-electron chi connectivity index (χ1n) is 0.698. The van der Waals surface area contributed by atoms with Crippen LogP contribution in [-0.2, 0) is 10.4 Å². The molecule has 0 aliphatic carbocycles. The van der Waals surface area contributed by atoms with Gasteiger partial charge in [-0.05, 0) is 0 Å². The minimum atomic E-state index is -4.67. The Kier molecular flexibility index (Phi) is 74.5. The van der Waals surface area contributed by atoms with Crippen LogP contribution in [0.1, 0.15) is 1.43 Å². The van der Waals surface area contributed by atoms with Gasteiger partial charge in [0.15, 0.2) is 0 Å². The van der Waals surface area contributed by atoms with E-state index < -0.39 is 10.4 Å². The number of rotatable bonds is 0. The third kappa shape index (κ3) is 1030. The summed E-state index contributed by atoms with van der Waals surface area (Å²) in [6.45, 7) is 0. The summed E-state index contributed by atoms with van der Waals surface area (Å²) in [6, 6.07) is 0. The van der Waals surface area contributed by atoms with E-state index in [4.69, 9.17) is 17.5 Å². The van der Waals surface area contributed by atoms with E-state index in [0.717, 1.165) is 0 Å². The van der Waals surface area contributed by atoms with Crippen LogP contribution < -0.4 is 29.6 Å². The molecule has 0 spiro atoms. The monoisotopic (exact) mass is 194 g/mol. The first kappa shape index (κ1) is 45.5. The summed E-state index contributed by atoms with van der Waals surface area (Å²) in [5.41, 5.74) is 0. The quantitative estimate of drug-likeness (QED) is 0.285. The van der Waals surface area contributed by atoms with Crippen LogP contribution in [0.5, 0.6) is 0 Å². The zero-order valence-electron chi connectivity index (χ0n) is 6.12. The van der Waals surface area contributed by atoms with Gasteiger partial charge < -0.3 is 23.3 Å². The molecule has 0 fully saturated rings. The molecule has 0 aromatic heterocycles. The summed E-state index contributed by atoms with van der Waals surface area (Å²) in [6.07, 6.45) is 0. The molecule has 0 amide bonds. The van der Waals surface area contributed by atoms with Crippen LogP contribution in [0.3, 0.4) is 0 Å². The van der Waals surface area contributed by atoms with E-state index in [-0.39, 0.29) is 52.9 Å². The standard InChI is InChI=1S/Na.H2O4S.4H2O.H/c;1-5(2,3)4;;;;;/h;(H2,1,2,3,4);4*1H2;/q+1;;;;;;-1. The van der Waals surface area contributed by atoms with Crippen LogP contribution in [-0.4, -0.2) is 39.4 Å². The Morgan fingerprint density at radius 3 is 0.900 bits per heavy atom. The fourth-order valence-corrected chi connectivity index (χ4v) is 0. The molecule has 0 aliphatic heterocycles. The average Bonchev–Trinajstić information content (AvgIpc) is 0.722. The molecule has 0 bridgehead atoms. The summed E-state index contributed by atoms with van der Waals surface area (Å²) in [4.78, 5) is 0. The van der Waals surface area contributed by atoms with Crippen molar-refractivity contribution in [2.45, 2.75) is 0 Å². The second-order valence-electron chi connectivity index (χ2n) is 0.448. The van der Waals surface area contributed by atoms with Gasteiger partial charge in [0, 0.05) is 0 Å². The average molecular weight is 194 g/mol. The molecule has 10 N–H and O–H groups in total. The second kappa shape index (κ2) is 16.4. The van der Waals surface area contributed by atoms with Crippen LogP contribution in [0.15, 0.2) is 0 Å². The first-order valence-corrected chi connectivity index (χ1v) is 2.10. The maximum atomic E-state index is 8.74. The molecule has 0 aromatic carbocycles. The Morgan fingerprint density at radius 1 is 0.900 bits per heavy atom. The molecule has 0 rings (SSSR count). The molecule has 0 aromatic rings. The molecule has 0 aliphatic rings. The normalized spacial score (nSPS) is 5.80. The van der Waals surface area contributed by atoms with Crippen molar-refractivity contribution in [1.29, 1.82) is 0 Å². The molecular formula is H11NaO8S. The smallest absolute Gasteiger partial charge is 1.00 e. The van der Waals surface area contributed by atoms with Crippen molar-refractivity contribution >= 4 is 10.4 Å². The minimum absolute atomic E-state index is 0. The summed E-state index contributed by atoms with van der Waals surface area (Å²) in [7, 11) is -4.67. The van der Waals surface area contributed by atoms with Crippen LogP contribution in [0, 0.1) is 0 Å². The van der Waals surface area contributed by atoms with Crippen molar-refractivity contribution in [3.8, 4) is 0 Å². The molecule has 0 saturated heterocycles. The Bertz CT molecular complexity index is 97.3. The molecular weight excluding hydrogens is 183 g/mol. The zero-order chi connectivity index (χ0) is 4.50. The molecule has 0 saturated carbocycles. The van der Waals surface area contributed by atoms with Crippen LogP contribution >= 0.6 is 0 Å². The van der Waals surface area contributed by atoms with Crippen molar-refractivity contribution in [3.05, 3.63) is 0 Å². The van der Waals surface area contributed by atoms with Gasteiger partial charge in [-0.3, -0.25) is 9.11 Å². The topological polar surface area (TPSA) is 201 Å². The molecule has 0 heterocycles. The maximum Gasteiger partial charge on any atom is 1.00 e. The molecule has 0 unspecified atom stereocenters. The van der Waals surface area contributed by atoms with Crippen molar-refractivity contribution in [3.63, 3.8) is 0 Å². The van der Waals surface area contributed by atoms with Gasteiger partial charge >= 0.3 is 40.0 Å². The van der Waals surface area contributed by atoms with E-state index in [1.165, 1.54) is 0 Å². The predicted molar refractivity (Wildman–Crippen MR) is 29.7 cm³/mol. The molecule has 0 atom stereocenters. The Labute approximate surface area is 80.8 Å². The first-order chi connectivity index (χ1) is 2.00. The summed E-state index contributed by atoms with van der Waals surface area (Å²) in [5, 5.41) is 0. The fourth-order valence-electron chi connectivity index (χ4n) is 0. The molecule has 0 radical (unpaired) electrons. The van der Waals surface area contributed by atoms with Gasteiger partial charge in [0.25, 0.3) is 0 Å². The Balaban J connectivity index is -0.00000000533. The van der Waals surface area contributed by atoms with Crippen LogP contribution in [0.25, 0.3) is 0 Å². The van der Waals surface area contributed by atoms with Gasteiger partial charge in [-0.2, -0.15) is 8.42 Å². The maximum absolute atomic E-state index is 8.74. The zero-order valence-corrected chi connectivity index (χ0v) is 7.94. The van der Waals surface area contributed by atoms with Crippen LogP contribution in [0.2, 0.25) is 0 Å². The second-order valence-corrected chi connectivity index (χ2v) is 1.34. The van der Waals surface area contributed by atoms with E-state index >= 15 is 0 Å². The largest absolute Gasteiger partial charge is 1.00 e. The van der Waals surface area contributed by atoms with Crippen LogP contribution in [0.4, 0.5) is 0 Å².